The van der Waals surface area contributed by atoms with Gasteiger partial charge in [-0.25, -0.2) is 9.78 Å². The van der Waals surface area contributed by atoms with Crippen LogP contribution in [-0.2, 0) is 4.74 Å². The van der Waals surface area contributed by atoms with E-state index in [1.165, 1.54) is 0 Å². The molecule has 2 aliphatic heterocycles. The third-order valence-corrected chi connectivity index (χ3v) is 6.61. The highest BCUT2D eigenvalue weighted by Crippen LogP contribution is 2.38. The second-order valence-corrected chi connectivity index (χ2v) is 11.5. The molecule has 1 atom stereocenters. The van der Waals surface area contributed by atoms with E-state index in [9.17, 15) is 9.59 Å². The van der Waals surface area contributed by atoms with Crippen molar-refractivity contribution in [1.29, 1.82) is 0 Å². The second kappa shape index (κ2) is 10.4. The highest BCUT2D eigenvalue weighted by molar-refractivity contribution is 6.30. The molecular formula is C27H36ClN5O4. The smallest absolute Gasteiger partial charge is 0.410 e. The van der Waals surface area contributed by atoms with E-state index in [1.807, 2.05) is 33.0 Å². The molecule has 2 aromatic rings. The first-order valence-corrected chi connectivity index (χ1v) is 13.1. The normalized spacial score (nSPS) is 17.8. The Morgan fingerprint density at radius 1 is 1.22 bits per heavy atom. The van der Waals surface area contributed by atoms with Gasteiger partial charge in [-0.15, -0.1) is 0 Å². The summed E-state index contributed by atoms with van der Waals surface area (Å²) >= 11 is 6.39. The summed E-state index contributed by atoms with van der Waals surface area (Å²) in [5, 5.41) is 3.62. The standard InChI is InChI=1S/C27H36ClN5O4/c1-15(2)18-8-9-29-22(16(3)4)23(18)31-24-21-19(12-20(28)30-24)36-14-17-13-32(10-11-33(17)25(21)34)26(35)37-27(5,6)7/h8-9,12,15-17H,10-11,13-14H2,1-7H3,(H,30,31). The molecule has 0 bridgehead atoms. The fraction of sp³-hybridized carbons (Fsp3) is 0.556. The van der Waals surface area contributed by atoms with Crippen LogP contribution in [0.25, 0.3) is 0 Å². The quantitative estimate of drug-likeness (QED) is 0.517. The summed E-state index contributed by atoms with van der Waals surface area (Å²) < 4.78 is 11.6. The maximum absolute atomic E-state index is 13.9. The molecule has 0 aromatic carbocycles. The van der Waals surface area contributed by atoms with Gasteiger partial charge in [-0.3, -0.25) is 9.78 Å². The summed E-state index contributed by atoms with van der Waals surface area (Å²) in [4.78, 5) is 39.1. The first-order valence-electron chi connectivity index (χ1n) is 12.7. The molecule has 2 aliphatic rings. The Labute approximate surface area is 223 Å². The van der Waals surface area contributed by atoms with Gasteiger partial charge in [0.25, 0.3) is 5.91 Å². The van der Waals surface area contributed by atoms with Crippen LogP contribution in [0.3, 0.4) is 0 Å². The number of rotatable bonds is 4. The van der Waals surface area contributed by atoms with Crippen molar-refractivity contribution in [1.82, 2.24) is 19.8 Å². The fourth-order valence-corrected chi connectivity index (χ4v) is 4.84. The number of halogens is 1. The Balaban J connectivity index is 1.68. The van der Waals surface area contributed by atoms with Gasteiger partial charge in [-0.1, -0.05) is 39.3 Å². The number of hydrogen-bond donors (Lipinski definition) is 1. The van der Waals surface area contributed by atoms with Crippen LogP contribution in [0, 0.1) is 0 Å². The number of ether oxygens (including phenoxy) is 2. The lowest BCUT2D eigenvalue weighted by atomic mass is 9.97. The van der Waals surface area contributed by atoms with E-state index >= 15 is 0 Å². The number of fused-ring (bicyclic) bond motifs is 2. The predicted octanol–water partition coefficient (Wildman–Crippen LogP) is 5.57. The van der Waals surface area contributed by atoms with Gasteiger partial charge in [-0.2, -0.15) is 0 Å². The Morgan fingerprint density at radius 3 is 2.59 bits per heavy atom. The molecule has 4 rings (SSSR count). The molecule has 0 aliphatic carbocycles. The largest absolute Gasteiger partial charge is 0.490 e. The van der Waals surface area contributed by atoms with Crippen LogP contribution < -0.4 is 10.1 Å². The zero-order chi connectivity index (χ0) is 27.1. The Morgan fingerprint density at radius 2 is 1.95 bits per heavy atom. The molecule has 2 amide bonds. The van der Waals surface area contributed by atoms with E-state index in [2.05, 4.69) is 43.0 Å². The maximum Gasteiger partial charge on any atom is 0.410 e. The van der Waals surface area contributed by atoms with Crippen molar-refractivity contribution in [3.8, 4) is 5.75 Å². The number of piperazine rings is 1. The van der Waals surface area contributed by atoms with Crippen molar-refractivity contribution >= 4 is 35.1 Å². The third kappa shape index (κ3) is 5.76. The van der Waals surface area contributed by atoms with Crippen molar-refractivity contribution in [3.05, 3.63) is 40.3 Å². The maximum atomic E-state index is 13.9. The van der Waals surface area contributed by atoms with E-state index in [1.54, 1.807) is 15.9 Å². The number of anilines is 2. The first kappa shape index (κ1) is 27.0. The lowest BCUT2D eigenvalue weighted by molar-refractivity contribution is 0.000957. The van der Waals surface area contributed by atoms with Crippen molar-refractivity contribution in [2.75, 3.05) is 31.6 Å². The van der Waals surface area contributed by atoms with Gasteiger partial charge in [0.15, 0.2) is 0 Å². The van der Waals surface area contributed by atoms with Crippen molar-refractivity contribution in [2.45, 2.75) is 71.9 Å². The number of aromatic nitrogens is 2. The molecule has 0 radical (unpaired) electrons. The lowest BCUT2D eigenvalue weighted by Gasteiger charge is -2.40. The number of nitrogens with zero attached hydrogens (tertiary/aromatic N) is 4. The topological polar surface area (TPSA) is 96.9 Å². The van der Waals surface area contributed by atoms with E-state index in [-0.39, 0.29) is 35.5 Å². The summed E-state index contributed by atoms with van der Waals surface area (Å²) in [7, 11) is 0. The molecule has 0 saturated carbocycles. The summed E-state index contributed by atoms with van der Waals surface area (Å²) in [5.41, 5.74) is 2.51. The highest BCUT2D eigenvalue weighted by Gasteiger charge is 2.39. The van der Waals surface area contributed by atoms with Gasteiger partial charge >= 0.3 is 6.09 Å². The average Bonchev–Trinajstić information content (AvgIpc) is 2.94. The van der Waals surface area contributed by atoms with Gasteiger partial charge in [0, 0.05) is 31.9 Å². The van der Waals surface area contributed by atoms with Crippen LogP contribution >= 0.6 is 11.6 Å². The van der Waals surface area contributed by atoms with Gasteiger partial charge in [0.05, 0.1) is 17.4 Å². The van der Waals surface area contributed by atoms with Crippen LogP contribution in [0.15, 0.2) is 18.3 Å². The summed E-state index contributed by atoms with van der Waals surface area (Å²) in [6, 6.07) is 3.22. The van der Waals surface area contributed by atoms with Crippen molar-refractivity contribution < 1.29 is 19.1 Å². The number of nitrogens with one attached hydrogen (secondary N) is 1. The van der Waals surface area contributed by atoms with Crippen LogP contribution in [-0.4, -0.2) is 69.7 Å². The molecular weight excluding hydrogens is 494 g/mol. The monoisotopic (exact) mass is 529 g/mol. The van der Waals surface area contributed by atoms with Crippen molar-refractivity contribution in [2.24, 2.45) is 0 Å². The van der Waals surface area contributed by atoms with Gasteiger partial charge < -0.3 is 24.6 Å². The minimum atomic E-state index is -0.598. The molecule has 10 heteroatoms. The zero-order valence-corrected chi connectivity index (χ0v) is 23.3. The number of hydrogen-bond acceptors (Lipinski definition) is 7. The summed E-state index contributed by atoms with van der Waals surface area (Å²) in [5.74, 6) is 0.856. The van der Waals surface area contributed by atoms with Crippen LogP contribution in [0.2, 0.25) is 5.15 Å². The minimum Gasteiger partial charge on any atom is -0.490 e. The molecule has 2 aromatic heterocycles. The minimum absolute atomic E-state index is 0.149. The van der Waals surface area contributed by atoms with Crippen LogP contribution in [0.4, 0.5) is 16.3 Å². The van der Waals surface area contributed by atoms with Gasteiger partial charge in [-0.05, 0) is 44.2 Å². The molecule has 1 N–H and O–H groups in total. The highest BCUT2D eigenvalue weighted by atomic mass is 35.5. The molecule has 1 fully saturated rings. The third-order valence-electron chi connectivity index (χ3n) is 6.42. The van der Waals surface area contributed by atoms with Crippen LogP contribution in [0.1, 0.15) is 81.9 Å². The van der Waals surface area contributed by atoms with E-state index in [0.29, 0.717) is 36.8 Å². The van der Waals surface area contributed by atoms with E-state index in [4.69, 9.17) is 21.1 Å². The Kier molecular flexibility index (Phi) is 7.55. The van der Waals surface area contributed by atoms with E-state index in [0.717, 1.165) is 16.9 Å². The first-order chi connectivity index (χ1) is 17.4. The Bertz CT molecular complexity index is 1170. The molecule has 1 unspecified atom stereocenters. The lowest BCUT2D eigenvalue weighted by Crippen LogP contribution is -2.58. The van der Waals surface area contributed by atoms with Gasteiger partial charge in [0.2, 0.25) is 0 Å². The van der Waals surface area contributed by atoms with Crippen molar-refractivity contribution in [3.63, 3.8) is 0 Å². The number of amides is 2. The van der Waals surface area contributed by atoms with Crippen LogP contribution in [0.5, 0.6) is 5.75 Å². The predicted molar refractivity (Wildman–Crippen MR) is 143 cm³/mol. The summed E-state index contributed by atoms with van der Waals surface area (Å²) in [6.45, 7) is 15.1. The average molecular weight is 530 g/mol. The molecule has 37 heavy (non-hydrogen) atoms. The summed E-state index contributed by atoms with van der Waals surface area (Å²) in [6.07, 6.45) is 1.41. The number of carbonyl (C=O) groups excluding carboxylic acids is 2. The Hall–Kier alpha value is -3.07. The number of pyridine rings is 2. The SMILES string of the molecule is CC(C)c1ccnc(C(C)C)c1Nc1nc(Cl)cc2c1C(=O)N1CCN(C(=O)OC(C)(C)C)CC1CO2. The molecule has 200 valence electrons. The molecule has 0 spiro atoms. The second-order valence-electron chi connectivity index (χ2n) is 11.2. The van der Waals surface area contributed by atoms with E-state index < -0.39 is 11.7 Å². The number of carbonyl (C=O) groups is 2. The molecule has 9 nitrogen and oxygen atoms in total. The molecule has 1 saturated heterocycles. The molecule has 4 heterocycles. The zero-order valence-electron chi connectivity index (χ0n) is 22.6. The van der Waals surface area contributed by atoms with Gasteiger partial charge in [0.1, 0.15) is 34.5 Å². The fourth-order valence-electron chi connectivity index (χ4n) is 4.66.